The van der Waals surface area contributed by atoms with Crippen LogP contribution in [-0.4, -0.2) is 33.7 Å². The van der Waals surface area contributed by atoms with Crippen molar-refractivity contribution in [1.82, 2.24) is 10.6 Å². The second-order valence-electron chi connectivity index (χ2n) is 3.40. The number of halogens is 2. The van der Waals surface area contributed by atoms with E-state index in [9.17, 15) is 0 Å². The summed E-state index contributed by atoms with van der Waals surface area (Å²) >= 11 is 11.9. The maximum absolute atomic E-state index is 8.88. The maximum atomic E-state index is 8.88. The zero-order valence-electron chi connectivity index (χ0n) is 9.55. The van der Waals surface area contributed by atoms with Gasteiger partial charge in [-0.3, -0.25) is 0 Å². The molecule has 0 spiro atoms. The van der Waals surface area contributed by atoms with Gasteiger partial charge in [0.1, 0.15) is 5.69 Å². The summed E-state index contributed by atoms with van der Waals surface area (Å²) < 4.78 is 8.88. The highest BCUT2D eigenvalue weighted by atomic mass is 35.5. The highest BCUT2D eigenvalue weighted by Gasteiger charge is 2.09. The van der Waals surface area contributed by atoms with E-state index in [1.165, 1.54) is 0 Å². The van der Waals surface area contributed by atoms with Crippen molar-refractivity contribution >= 4 is 42.7 Å². The van der Waals surface area contributed by atoms with Crippen LogP contribution in [0.4, 0.5) is 5.69 Å². The Morgan fingerprint density at radius 2 is 1.53 bits per heavy atom. The molecule has 106 valence electrons. The number of para-hydroxylation sites is 1. The van der Waals surface area contributed by atoms with Crippen molar-refractivity contribution in [2.75, 3.05) is 13.1 Å². The summed E-state index contributed by atoms with van der Waals surface area (Å²) in [4.78, 5) is 25.9. The van der Waals surface area contributed by atoms with Crippen LogP contribution in [0, 0.1) is 0 Å². The largest absolute Gasteiger partial charge is 0.466 e. The summed E-state index contributed by atoms with van der Waals surface area (Å²) in [7, 11) is -4.64. The number of nitrogens with zero attached hydrogens (tertiary/aromatic N) is 1. The van der Waals surface area contributed by atoms with Crippen LogP contribution in [0.2, 0.25) is 10.0 Å². The second kappa shape index (κ2) is 7.09. The Bertz CT molecular complexity index is 484. The van der Waals surface area contributed by atoms with Crippen molar-refractivity contribution in [2.45, 2.75) is 0 Å². The predicted octanol–water partition coefficient (Wildman–Crippen LogP) is 1.25. The Kier molecular flexibility index (Phi) is 6.06. The first kappa shape index (κ1) is 16.2. The molecule has 0 unspecified atom stereocenters. The number of rotatable bonds is 1. The van der Waals surface area contributed by atoms with Gasteiger partial charge < -0.3 is 25.3 Å². The van der Waals surface area contributed by atoms with Gasteiger partial charge in [-0.1, -0.05) is 29.3 Å². The van der Waals surface area contributed by atoms with Gasteiger partial charge in [0.15, 0.2) is 5.96 Å². The van der Waals surface area contributed by atoms with Gasteiger partial charge in [-0.25, -0.2) is 9.56 Å². The summed E-state index contributed by atoms with van der Waals surface area (Å²) in [6, 6.07) is 5.33. The van der Waals surface area contributed by atoms with E-state index in [-0.39, 0.29) is 0 Å². The molecule has 0 saturated carbocycles. The first-order valence-corrected chi connectivity index (χ1v) is 7.38. The van der Waals surface area contributed by atoms with Crippen molar-refractivity contribution in [3.63, 3.8) is 0 Å². The molecule has 7 nitrogen and oxygen atoms in total. The molecule has 1 fully saturated rings. The Morgan fingerprint density at radius 1 is 1.11 bits per heavy atom. The molecule has 1 saturated heterocycles. The molecule has 1 heterocycles. The van der Waals surface area contributed by atoms with Crippen LogP contribution in [-0.2, 0) is 4.57 Å². The first-order chi connectivity index (χ1) is 8.77. The number of aliphatic imine (C=N–C) groups is 1. The van der Waals surface area contributed by atoms with E-state index in [1.54, 1.807) is 18.2 Å². The van der Waals surface area contributed by atoms with Crippen molar-refractivity contribution in [2.24, 2.45) is 4.99 Å². The quantitative estimate of drug-likeness (QED) is 0.496. The summed E-state index contributed by atoms with van der Waals surface area (Å²) in [5.41, 5.74) is 0.604. The Labute approximate surface area is 119 Å². The van der Waals surface area contributed by atoms with Gasteiger partial charge in [-0.2, -0.15) is 0 Å². The minimum atomic E-state index is -4.64. The van der Waals surface area contributed by atoms with E-state index in [1.807, 2.05) is 0 Å². The lowest BCUT2D eigenvalue weighted by Crippen LogP contribution is -2.23. The fraction of sp³-hybridized carbons (Fsp3) is 0.222. The van der Waals surface area contributed by atoms with E-state index >= 15 is 0 Å². The molecule has 1 aromatic carbocycles. The van der Waals surface area contributed by atoms with Gasteiger partial charge in [-0.05, 0) is 12.1 Å². The number of nitrogens with one attached hydrogen (secondary N) is 2. The van der Waals surface area contributed by atoms with Gasteiger partial charge >= 0.3 is 7.82 Å². The van der Waals surface area contributed by atoms with Crippen LogP contribution in [0.1, 0.15) is 0 Å². The lowest BCUT2D eigenvalue weighted by Gasteiger charge is -2.02. The van der Waals surface area contributed by atoms with Crippen LogP contribution in [0.15, 0.2) is 23.2 Å². The van der Waals surface area contributed by atoms with Crippen molar-refractivity contribution in [1.29, 1.82) is 0 Å². The molecule has 0 atom stereocenters. The molecular weight excluding hydrogens is 316 g/mol. The Balaban J connectivity index is 0.000000312. The smallest absolute Gasteiger partial charge is 0.354 e. The van der Waals surface area contributed by atoms with Crippen LogP contribution >= 0.6 is 31.0 Å². The van der Waals surface area contributed by atoms with Gasteiger partial charge in [0.05, 0.1) is 10.0 Å². The Hall–Kier alpha value is -0.820. The summed E-state index contributed by atoms with van der Waals surface area (Å²) in [6.07, 6.45) is 0. The van der Waals surface area contributed by atoms with Crippen LogP contribution in [0.25, 0.3) is 0 Å². The first-order valence-electron chi connectivity index (χ1n) is 5.06. The molecule has 2 rings (SSSR count). The van der Waals surface area contributed by atoms with Crippen molar-refractivity contribution in [3.05, 3.63) is 28.2 Å². The number of hydrogen-bond acceptors (Lipinski definition) is 2. The fourth-order valence-corrected chi connectivity index (χ4v) is 1.69. The van der Waals surface area contributed by atoms with Crippen LogP contribution < -0.4 is 10.6 Å². The molecule has 0 amide bonds. The van der Waals surface area contributed by atoms with Crippen LogP contribution in [0.3, 0.4) is 0 Å². The molecule has 0 aliphatic carbocycles. The average Bonchev–Trinajstić information content (AvgIpc) is 2.74. The molecule has 19 heavy (non-hydrogen) atoms. The molecule has 1 aliphatic heterocycles. The third kappa shape index (κ3) is 6.77. The third-order valence-electron chi connectivity index (χ3n) is 1.87. The normalized spacial score (nSPS) is 14.1. The van der Waals surface area contributed by atoms with Crippen LogP contribution in [0.5, 0.6) is 0 Å². The van der Waals surface area contributed by atoms with E-state index < -0.39 is 7.82 Å². The summed E-state index contributed by atoms with van der Waals surface area (Å²) in [5, 5.41) is 7.27. The van der Waals surface area contributed by atoms with E-state index in [0.717, 1.165) is 19.0 Å². The lowest BCUT2D eigenvalue weighted by atomic mass is 10.3. The average molecular weight is 328 g/mol. The molecule has 1 aromatic rings. The third-order valence-corrected chi connectivity index (χ3v) is 2.48. The zero-order valence-corrected chi connectivity index (χ0v) is 12.0. The maximum Gasteiger partial charge on any atom is 0.466 e. The van der Waals surface area contributed by atoms with E-state index in [2.05, 4.69) is 15.6 Å². The standard InChI is InChI=1S/C9H9Cl2N3.H3O4P/c10-6-2-1-3-7(11)8(6)14-9-12-4-5-13-9;1-5(2,3)4/h1-3H,4-5H2,(H2,12,13,14);(H3,1,2,3,4). The van der Waals surface area contributed by atoms with Crippen molar-refractivity contribution < 1.29 is 19.2 Å². The van der Waals surface area contributed by atoms with Gasteiger partial charge in [-0.15, -0.1) is 0 Å². The molecule has 1 aliphatic rings. The number of phosphoric acid groups is 1. The predicted molar refractivity (Wildman–Crippen MR) is 73.8 cm³/mol. The van der Waals surface area contributed by atoms with Gasteiger partial charge in [0.2, 0.25) is 0 Å². The van der Waals surface area contributed by atoms with E-state index in [0.29, 0.717) is 15.7 Å². The second-order valence-corrected chi connectivity index (χ2v) is 5.24. The number of guanidine groups is 1. The number of benzene rings is 1. The fourth-order valence-electron chi connectivity index (χ4n) is 1.21. The number of hydrogen-bond donors (Lipinski definition) is 5. The van der Waals surface area contributed by atoms with Gasteiger partial charge in [0, 0.05) is 13.1 Å². The zero-order chi connectivity index (χ0) is 14.5. The molecule has 0 bridgehead atoms. The van der Waals surface area contributed by atoms with Gasteiger partial charge in [0.25, 0.3) is 0 Å². The van der Waals surface area contributed by atoms with E-state index in [4.69, 9.17) is 42.4 Å². The Morgan fingerprint density at radius 3 is 1.95 bits per heavy atom. The summed E-state index contributed by atoms with van der Waals surface area (Å²) in [6.45, 7) is 1.75. The topological polar surface area (TPSA) is 114 Å². The minimum Gasteiger partial charge on any atom is -0.354 e. The van der Waals surface area contributed by atoms with Crippen molar-refractivity contribution in [3.8, 4) is 0 Å². The summed E-state index contributed by atoms with van der Waals surface area (Å²) in [5.74, 6) is 0.722. The monoisotopic (exact) mass is 327 g/mol. The molecule has 10 heteroatoms. The molecule has 0 aromatic heterocycles. The minimum absolute atomic E-state index is 0.556. The molecular formula is C9H12Cl2N3O4P. The molecule has 5 N–H and O–H groups in total. The molecule has 0 radical (unpaired) electrons. The highest BCUT2D eigenvalue weighted by Crippen LogP contribution is 2.32. The highest BCUT2D eigenvalue weighted by molar-refractivity contribution is 7.45. The lowest BCUT2D eigenvalue weighted by molar-refractivity contribution is 0.275. The SMILES string of the molecule is Clc1cccc(Cl)c1N=C1NCCN1.O=P(O)(O)O.